The van der Waals surface area contributed by atoms with Crippen molar-refractivity contribution in [3.63, 3.8) is 0 Å². The molecule has 0 aliphatic carbocycles. The zero-order valence-electron chi connectivity index (χ0n) is 17.2. The molecule has 0 unspecified atom stereocenters. The zero-order chi connectivity index (χ0) is 21.6. The number of thioether (sulfide) groups is 1. The molecule has 0 N–H and O–H groups in total. The molecule has 160 valence electrons. The summed E-state index contributed by atoms with van der Waals surface area (Å²) in [5.41, 5.74) is -0.749. The third-order valence-corrected chi connectivity index (χ3v) is 4.74. The highest BCUT2D eigenvalue weighted by atomic mass is 32.2. The minimum Gasteiger partial charge on any atom is -0.463 e. The Morgan fingerprint density at radius 2 is 1.25 bits per heavy atom. The normalized spacial score (nSPS) is 27.5. The maximum atomic E-state index is 11.7. The fourth-order valence-corrected chi connectivity index (χ4v) is 3.87. The van der Waals surface area contributed by atoms with Crippen molar-refractivity contribution in [2.24, 2.45) is 0 Å². The number of rotatable bonds is 6. The molecule has 1 heterocycles. The number of hydrogen-bond donors (Lipinski definition) is 0. The van der Waals surface area contributed by atoms with Gasteiger partial charge in [-0.3, -0.25) is 19.2 Å². The average Bonchev–Trinajstić information content (AvgIpc) is 2.48. The first-order valence-electron chi connectivity index (χ1n) is 8.78. The maximum absolute atomic E-state index is 11.7. The molecule has 1 fully saturated rings. The van der Waals surface area contributed by atoms with Crippen LogP contribution in [0, 0.1) is 0 Å². The third-order valence-electron chi connectivity index (χ3n) is 3.42. The van der Waals surface area contributed by atoms with E-state index in [1.807, 2.05) is 20.8 Å². The van der Waals surface area contributed by atoms with Crippen LogP contribution in [-0.4, -0.2) is 65.1 Å². The summed E-state index contributed by atoms with van der Waals surface area (Å²) in [5.74, 6) is -2.45. The Balaban J connectivity index is 3.33. The summed E-state index contributed by atoms with van der Waals surface area (Å²) in [5, 5.41) is 0. The van der Waals surface area contributed by atoms with Crippen LogP contribution in [0.5, 0.6) is 0 Å². The predicted octanol–water partition coefficient (Wildman–Crippen LogP) is 1.60. The van der Waals surface area contributed by atoms with Gasteiger partial charge in [-0.15, -0.1) is 11.8 Å². The molecule has 0 aromatic heterocycles. The Morgan fingerprint density at radius 1 is 0.786 bits per heavy atom. The fraction of sp³-hybridized carbons (Fsp3) is 0.778. The van der Waals surface area contributed by atoms with E-state index >= 15 is 0 Å². The number of hydrogen-bond acceptors (Lipinski definition) is 10. The first-order valence-corrected chi connectivity index (χ1v) is 9.66. The number of carbonyl (C=O) groups is 4. The lowest BCUT2D eigenvalue weighted by atomic mass is 9.99. The van der Waals surface area contributed by atoms with E-state index in [1.54, 1.807) is 0 Å². The summed E-state index contributed by atoms with van der Waals surface area (Å²) < 4.78 is 26.8. The van der Waals surface area contributed by atoms with Crippen LogP contribution in [0.3, 0.4) is 0 Å². The minimum absolute atomic E-state index is 0.223. The van der Waals surface area contributed by atoms with Gasteiger partial charge < -0.3 is 23.7 Å². The Morgan fingerprint density at radius 3 is 1.68 bits per heavy atom. The molecule has 9 nitrogen and oxygen atoms in total. The van der Waals surface area contributed by atoms with Crippen molar-refractivity contribution in [2.45, 2.75) is 83.1 Å². The highest BCUT2D eigenvalue weighted by Crippen LogP contribution is 2.39. The van der Waals surface area contributed by atoms with Crippen LogP contribution in [-0.2, 0) is 42.9 Å². The van der Waals surface area contributed by atoms with E-state index in [0.29, 0.717) is 0 Å². The molecular weight excluding hydrogens is 392 g/mol. The van der Waals surface area contributed by atoms with Gasteiger partial charge in [0.2, 0.25) is 0 Å². The number of esters is 4. The summed E-state index contributed by atoms with van der Waals surface area (Å²) in [6.07, 6.45) is -4.19. The van der Waals surface area contributed by atoms with Crippen LogP contribution >= 0.6 is 11.8 Å². The van der Waals surface area contributed by atoms with Gasteiger partial charge in [-0.05, 0) is 0 Å². The standard InChI is InChI=1S/C18H28O9S/c1-9(19)23-8-13-14(24-10(2)20)15(25-11(3)21)16(26-12(4)22)17(27-13)28-18(5,6)7/h13-17H,8H2,1-7H3/t13-,14+,15+,16-,17-/m1/s1. The first-order chi connectivity index (χ1) is 12.8. The Labute approximate surface area is 168 Å². The highest BCUT2D eigenvalue weighted by Gasteiger charge is 2.53. The summed E-state index contributed by atoms with van der Waals surface area (Å²) in [6.45, 7) is 10.4. The molecule has 0 saturated carbocycles. The third kappa shape index (κ3) is 8.05. The Hall–Kier alpha value is -1.81. The molecule has 0 aromatic rings. The summed E-state index contributed by atoms with van der Waals surface area (Å²) >= 11 is 1.35. The van der Waals surface area contributed by atoms with Gasteiger partial charge in [-0.2, -0.15) is 0 Å². The van der Waals surface area contributed by atoms with Gasteiger partial charge >= 0.3 is 23.9 Å². The molecule has 0 radical (unpaired) electrons. The molecule has 1 aliphatic rings. The first kappa shape index (κ1) is 24.2. The van der Waals surface area contributed by atoms with E-state index in [4.69, 9.17) is 23.7 Å². The largest absolute Gasteiger partial charge is 0.463 e. The zero-order valence-corrected chi connectivity index (χ0v) is 18.0. The van der Waals surface area contributed by atoms with Gasteiger partial charge in [0.25, 0.3) is 0 Å². The summed E-state index contributed by atoms with van der Waals surface area (Å²) in [6, 6.07) is 0. The molecule has 0 aromatic carbocycles. The minimum atomic E-state index is -1.13. The van der Waals surface area contributed by atoms with Gasteiger partial charge in [0.05, 0.1) is 0 Å². The quantitative estimate of drug-likeness (QED) is 0.463. The smallest absolute Gasteiger partial charge is 0.303 e. The van der Waals surface area contributed by atoms with E-state index < -0.39 is 53.7 Å². The van der Waals surface area contributed by atoms with E-state index in [1.165, 1.54) is 39.5 Å². The topological polar surface area (TPSA) is 114 Å². The van der Waals surface area contributed by atoms with Crippen molar-refractivity contribution in [3.8, 4) is 0 Å². The van der Waals surface area contributed by atoms with Crippen LogP contribution in [0.4, 0.5) is 0 Å². The lowest BCUT2D eigenvalue weighted by Gasteiger charge is -2.45. The van der Waals surface area contributed by atoms with Crippen molar-refractivity contribution in [3.05, 3.63) is 0 Å². The van der Waals surface area contributed by atoms with Crippen molar-refractivity contribution < 1.29 is 42.9 Å². The number of ether oxygens (including phenoxy) is 5. The highest BCUT2D eigenvalue weighted by molar-refractivity contribution is 8.01. The van der Waals surface area contributed by atoms with Gasteiger partial charge in [-0.1, -0.05) is 20.8 Å². The second-order valence-electron chi connectivity index (χ2n) is 7.30. The summed E-state index contributed by atoms with van der Waals surface area (Å²) in [4.78, 5) is 46.3. The fourth-order valence-electron chi connectivity index (χ4n) is 2.63. The van der Waals surface area contributed by atoms with Crippen molar-refractivity contribution in [2.75, 3.05) is 6.61 Å². The molecule has 0 amide bonds. The molecule has 1 rings (SSSR count). The Kier molecular flexibility index (Phi) is 8.75. The van der Waals surface area contributed by atoms with Crippen LogP contribution < -0.4 is 0 Å². The SMILES string of the molecule is CC(=O)OC[C@H]1O[C@H](SC(C)(C)C)[C@H](OC(C)=O)[C@@H](OC(C)=O)[C@H]1OC(C)=O. The van der Waals surface area contributed by atoms with Gasteiger partial charge in [0.1, 0.15) is 18.1 Å². The average molecular weight is 420 g/mol. The van der Waals surface area contributed by atoms with E-state index in [9.17, 15) is 19.2 Å². The van der Waals surface area contributed by atoms with Crippen LogP contribution in [0.25, 0.3) is 0 Å². The van der Waals surface area contributed by atoms with Crippen LogP contribution in [0.2, 0.25) is 0 Å². The van der Waals surface area contributed by atoms with E-state index in [-0.39, 0.29) is 11.4 Å². The molecule has 1 saturated heterocycles. The van der Waals surface area contributed by atoms with E-state index in [0.717, 1.165) is 0 Å². The molecule has 1 aliphatic heterocycles. The second kappa shape index (κ2) is 10.1. The van der Waals surface area contributed by atoms with Gasteiger partial charge in [0, 0.05) is 32.4 Å². The molecular formula is C18H28O9S. The van der Waals surface area contributed by atoms with Crippen molar-refractivity contribution >= 4 is 35.6 Å². The second-order valence-corrected chi connectivity index (χ2v) is 9.22. The number of carbonyl (C=O) groups excluding carboxylic acids is 4. The lowest BCUT2D eigenvalue weighted by Crippen LogP contribution is -2.62. The van der Waals surface area contributed by atoms with E-state index in [2.05, 4.69) is 0 Å². The van der Waals surface area contributed by atoms with Crippen LogP contribution in [0.1, 0.15) is 48.5 Å². The lowest BCUT2D eigenvalue weighted by molar-refractivity contribution is -0.237. The molecule has 0 bridgehead atoms. The summed E-state index contributed by atoms with van der Waals surface area (Å²) in [7, 11) is 0. The molecule has 10 heteroatoms. The van der Waals surface area contributed by atoms with Crippen LogP contribution in [0.15, 0.2) is 0 Å². The van der Waals surface area contributed by atoms with Gasteiger partial charge in [0.15, 0.2) is 18.3 Å². The van der Waals surface area contributed by atoms with Gasteiger partial charge in [-0.25, -0.2) is 0 Å². The van der Waals surface area contributed by atoms with Crippen molar-refractivity contribution in [1.29, 1.82) is 0 Å². The Bertz CT molecular complexity index is 598. The molecule has 5 atom stereocenters. The monoisotopic (exact) mass is 420 g/mol. The molecule has 28 heavy (non-hydrogen) atoms. The molecule has 0 spiro atoms. The van der Waals surface area contributed by atoms with Crippen molar-refractivity contribution in [1.82, 2.24) is 0 Å². The maximum Gasteiger partial charge on any atom is 0.303 e. The predicted molar refractivity (Wildman–Crippen MR) is 99.3 cm³/mol.